The van der Waals surface area contributed by atoms with Crippen LogP contribution in [0.15, 0.2) is 50.6 Å². The van der Waals surface area contributed by atoms with Crippen LogP contribution in [0.2, 0.25) is 0 Å². The second kappa shape index (κ2) is 16.6. The van der Waals surface area contributed by atoms with Crippen molar-refractivity contribution in [2.24, 2.45) is 0 Å². The summed E-state index contributed by atoms with van der Waals surface area (Å²) in [5, 5.41) is 25.8. The van der Waals surface area contributed by atoms with Gasteiger partial charge in [0.15, 0.2) is 11.8 Å². The molecule has 0 saturated carbocycles. The zero-order valence-electron chi connectivity index (χ0n) is 27.5. The van der Waals surface area contributed by atoms with E-state index in [1.54, 1.807) is 24.3 Å². The third-order valence-corrected chi connectivity index (χ3v) is 9.86. The van der Waals surface area contributed by atoms with Gasteiger partial charge in [-0.1, -0.05) is 17.3 Å². The Balaban J connectivity index is 1.47. The number of aromatic nitrogens is 3. The summed E-state index contributed by atoms with van der Waals surface area (Å²) in [7, 11) is -9.97. The molecule has 1 aromatic carbocycles. The van der Waals surface area contributed by atoms with Crippen LogP contribution in [0.4, 0.5) is 9.59 Å². The highest BCUT2D eigenvalue weighted by Gasteiger charge is 2.47. The van der Waals surface area contributed by atoms with Crippen molar-refractivity contribution in [2.45, 2.75) is 77.5 Å². The smallest absolute Gasteiger partial charge is 0.438 e. The Bertz CT molecular complexity index is 1910. The number of aliphatic hydroxyl groups excluding tert-OH is 2. The van der Waals surface area contributed by atoms with Gasteiger partial charge >= 0.3 is 33.6 Å². The fourth-order valence-corrected chi connectivity index (χ4v) is 7.20. The molecule has 22 nitrogen and oxygen atoms in total. The van der Waals surface area contributed by atoms with Crippen molar-refractivity contribution in [2.75, 3.05) is 13.7 Å². The van der Waals surface area contributed by atoms with Gasteiger partial charge in [-0.3, -0.25) is 18.5 Å². The van der Waals surface area contributed by atoms with Crippen LogP contribution in [0.5, 0.6) is 0 Å². The molecule has 1 fully saturated rings. The van der Waals surface area contributed by atoms with Crippen molar-refractivity contribution in [3.63, 3.8) is 0 Å². The van der Waals surface area contributed by atoms with Gasteiger partial charge in [0, 0.05) is 17.6 Å². The number of fused-ring (bicyclic) bond motifs is 1. The molecule has 1 saturated heterocycles. The van der Waals surface area contributed by atoms with Gasteiger partial charge in [-0.15, -0.1) is 0 Å². The van der Waals surface area contributed by atoms with Crippen LogP contribution in [0.3, 0.4) is 0 Å². The average molecular weight is 768 g/mol. The van der Waals surface area contributed by atoms with E-state index in [9.17, 15) is 43.4 Å². The van der Waals surface area contributed by atoms with Gasteiger partial charge in [-0.2, -0.15) is 4.31 Å². The molecule has 2 aromatic heterocycles. The predicted molar refractivity (Wildman–Crippen MR) is 166 cm³/mol. The minimum Gasteiger partial charge on any atom is -0.438 e. The number of para-hydroxylation sites is 1. The van der Waals surface area contributed by atoms with Crippen molar-refractivity contribution in [1.82, 2.24) is 14.3 Å². The monoisotopic (exact) mass is 767 g/mol. The molecule has 24 heteroatoms. The molecule has 1 aliphatic rings. The third-order valence-electron chi connectivity index (χ3n) is 6.65. The van der Waals surface area contributed by atoms with E-state index in [4.69, 9.17) is 32.3 Å². The number of methoxy groups -OCH3 is 1. The number of phosphoric acid groups is 2. The van der Waals surface area contributed by atoms with E-state index in [2.05, 4.69) is 18.9 Å². The number of hydrogen-bond donors (Lipinski definition) is 3. The van der Waals surface area contributed by atoms with Crippen LogP contribution >= 0.6 is 15.6 Å². The molecule has 282 valence electrons. The topological polar surface area (TPSA) is 282 Å². The summed E-state index contributed by atoms with van der Waals surface area (Å²) in [4.78, 5) is 59.7. The molecule has 0 aliphatic carbocycles. The van der Waals surface area contributed by atoms with Gasteiger partial charge in [0.2, 0.25) is 12.6 Å². The summed E-state index contributed by atoms with van der Waals surface area (Å²) in [6.07, 6.45) is -12.8. The Morgan fingerprint density at radius 2 is 1.61 bits per heavy atom. The number of ether oxygens (including phenoxy) is 5. The zero-order valence-corrected chi connectivity index (χ0v) is 29.3. The minimum atomic E-state index is -5.55. The van der Waals surface area contributed by atoms with Gasteiger partial charge in [-0.05, 0) is 39.8 Å². The molecule has 8 atom stereocenters. The van der Waals surface area contributed by atoms with Crippen molar-refractivity contribution in [3.8, 4) is 0 Å². The van der Waals surface area contributed by atoms with Gasteiger partial charge in [-0.25, -0.2) is 32.6 Å². The second-order valence-corrected chi connectivity index (χ2v) is 14.0. The van der Waals surface area contributed by atoms with Crippen LogP contribution in [0.1, 0.15) is 39.6 Å². The molecule has 51 heavy (non-hydrogen) atoms. The molecule has 6 unspecified atom stereocenters. The predicted octanol–water partition coefficient (Wildman–Crippen LogP) is 2.13. The Kier molecular flexibility index (Phi) is 13.0. The maximum Gasteiger partial charge on any atom is 0.510 e. The normalized spacial score (nSPS) is 22.5. The number of carbonyl (C=O) groups excluding carboxylic acids is 2. The lowest BCUT2D eigenvalue weighted by Crippen LogP contribution is -2.43. The molecule has 4 rings (SSSR count). The van der Waals surface area contributed by atoms with Crippen LogP contribution in [-0.2, 0) is 57.2 Å². The van der Waals surface area contributed by atoms with E-state index in [-0.39, 0.29) is 12.2 Å². The maximum absolute atomic E-state index is 13.4. The van der Waals surface area contributed by atoms with Crippen LogP contribution < -0.4 is 11.2 Å². The number of benzene rings is 1. The van der Waals surface area contributed by atoms with Crippen molar-refractivity contribution >= 4 is 38.9 Å². The Hall–Kier alpha value is -3.95. The fourth-order valence-electron chi connectivity index (χ4n) is 4.50. The summed E-state index contributed by atoms with van der Waals surface area (Å²) >= 11 is 0. The van der Waals surface area contributed by atoms with Crippen molar-refractivity contribution in [3.05, 3.63) is 63.1 Å². The van der Waals surface area contributed by atoms with Crippen molar-refractivity contribution < 1.29 is 79.9 Å². The third kappa shape index (κ3) is 10.3. The lowest BCUT2D eigenvalue weighted by atomic mass is 10.1. The van der Waals surface area contributed by atoms with E-state index in [0.717, 1.165) is 42.4 Å². The number of rotatable bonds is 15. The van der Waals surface area contributed by atoms with E-state index in [0.29, 0.717) is 11.0 Å². The first kappa shape index (κ1) is 39.8. The molecule has 0 amide bonds. The number of phosphoric ester groups is 2. The number of aliphatic hydroxyl groups is 2. The van der Waals surface area contributed by atoms with Crippen molar-refractivity contribution in [1.29, 1.82) is 0 Å². The largest absolute Gasteiger partial charge is 0.510 e. The highest BCUT2D eigenvalue weighted by molar-refractivity contribution is 7.61. The van der Waals surface area contributed by atoms with E-state index < -0.39 is 89.0 Å². The lowest BCUT2D eigenvalue weighted by molar-refractivity contribution is -0.0980. The molecule has 0 spiro atoms. The quantitative estimate of drug-likeness (QED) is 0.113. The van der Waals surface area contributed by atoms with Crippen LogP contribution in [-0.4, -0.2) is 92.4 Å². The highest BCUT2D eigenvalue weighted by atomic mass is 31.3. The number of hydrogen-bond acceptors (Lipinski definition) is 19. The fraction of sp³-hybridized carbons (Fsp3) is 0.519. The summed E-state index contributed by atoms with van der Waals surface area (Å²) in [6.45, 7) is 3.65. The first-order valence-corrected chi connectivity index (χ1v) is 17.8. The maximum atomic E-state index is 13.4. The molecular formula is C27H35N3O19P2. The van der Waals surface area contributed by atoms with Gasteiger partial charge in [0.25, 0.3) is 5.56 Å². The Labute approximate surface area is 287 Å². The number of carbonyl (C=O) groups is 2. The second-order valence-electron chi connectivity index (χ2n) is 10.8. The average Bonchev–Trinajstić information content (AvgIpc) is 3.56. The summed E-state index contributed by atoms with van der Waals surface area (Å²) in [5.41, 5.74) is -1.04. The molecule has 1 aliphatic heterocycles. The van der Waals surface area contributed by atoms with E-state index in [1.165, 1.54) is 13.8 Å². The minimum absolute atomic E-state index is 0.258. The highest BCUT2D eigenvalue weighted by Crippen LogP contribution is 2.64. The summed E-state index contributed by atoms with van der Waals surface area (Å²) < 4.78 is 76.5. The van der Waals surface area contributed by atoms with Gasteiger partial charge in [0.05, 0.1) is 26.4 Å². The first-order chi connectivity index (χ1) is 23.9. The van der Waals surface area contributed by atoms with Gasteiger partial charge < -0.3 is 43.3 Å². The summed E-state index contributed by atoms with van der Waals surface area (Å²) in [5.74, 6) is 0. The van der Waals surface area contributed by atoms with Crippen LogP contribution in [0.25, 0.3) is 11.0 Å². The molecule has 3 N–H and O–H groups in total. The molecule has 3 aromatic rings. The van der Waals surface area contributed by atoms with Crippen LogP contribution in [0, 0.1) is 0 Å². The van der Waals surface area contributed by atoms with E-state index >= 15 is 0 Å². The molecular weight excluding hydrogens is 732 g/mol. The standard InChI is InChI=1S/C27H35N3O19P2/c1-14(2)42-27(36)44-16(4)48-51(39,47-15(3)43-26(35)40-5)49-50(37,38)41-13-20-22(32)23(33)24(45-20)29-11-10-21(31)30(25(29)34)12-18-17-8-6-7-9-19(17)46-28-18/h6-11,14-16,20,22-24,32-33H,12-13H2,1-5H3,(H,37,38)/t15?,16?,20-,22?,23?,24-,51?/m1/s1. The zero-order chi connectivity index (χ0) is 37.7. The molecule has 3 heterocycles. The lowest BCUT2D eigenvalue weighted by Gasteiger charge is -2.25. The SMILES string of the molecule is COC(=O)OC(C)OP(=O)(OC(C)OC(=O)OC(C)C)OP(=O)(O)OC[C@H]1O[C@@H](n2ccc(=O)n(Cc3noc4ccccc34)c2=O)C(O)C1O. The Morgan fingerprint density at radius 1 is 0.961 bits per heavy atom. The first-order valence-electron chi connectivity index (χ1n) is 14.9. The summed E-state index contributed by atoms with van der Waals surface area (Å²) in [6, 6.07) is 7.73. The van der Waals surface area contributed by atoms with E-state index in [1.807, 2.05) is 0 Å². The molecule has 0 radical (unpaired) electrons. The van der Waals surface area contributed by atoms with Gasteiger partial charge in [0.1, 0.15) is 24.0 Å². The molecule has 0 bridgehead atoms. The number of nitrogens with zero attached hydrogens (tertiary/aromatic N) is 3. The Morgan fingerprint density at radius 3 is 2.25 bits per heavy atom.